The maximum atomic E-state index is 11.2. The Morgan fingerprint density at radius 2 is 2.11 bits per heavy atom. The van der Waals surface area contributed by atoms with Crippen LogP contribution in [-0.4, -0.2) is 38.5 Å². The summed E-state index contributed by atoms with van der Waals surface area (Å²) in [6.07, 6.45) is 5.03. The summed E-state index contributed by atoms with van der Waals surface area (Å²) < 4.78 is 1.96. The molecule has 1 aromatic rings. The highest BCUT2D eigenvalue weighted by Gasteiger charge is 2.23. The third-order valence-electron chi connectivity index (χ3n) is 3.66. The standard InChI is InChI=1S/C13H22N4O/c1-10(2)17-13(14-9-15-17)8-16(3)11-4-6-12(18)7-5-11/h9-11H,4-8H2,1-3H3. The van der Waals surface area contributed by atoms with E-state index >= 15 is 0 Å². The van der Waals surface area contributed by atoms with Gasteiger partial charge in [0.15, 0.2) is 0 Å². The Labute approximate surface area is 108 Å². The molecule has 1 aromatic heterocycles. The normalized spacial score (nSPS) is 17.9. The highest BCUT2D eigenvalue weighted by molar-refractivity contribution is 5.79. The lowest BCUT2D eigenvalue weighted by Crippen LogP contribution is -2.35. The van der Waals surface area contributed by atoms with Crippen molar-refractivity contribution in [2.24, 2.45) is 0 Å². The molecule has 1 heterocycles. The molecule has 100 valence electrons. The number of ketones is 1. The van der Waals surface area contributed by atoms with Crippen molar-refractivity contribution in [2.45, 2.75) is 58.2 Å². The molecule has 0 unspecified atom stereocenters. The average molecular weight is 250 g/mol. The van der Waals surface area contributed by atoms with Crippen LogP contribution in [0.1, 0.15) is 51.4 Å². The van der Waals surface area contributed by atoms with Gasteiger partial charge in [0.1, 0.15) is 17.9 Å². The largest absolute Gasteiger partial charge is 0.300 e. The minimum absolute atomic E-state index is 0.337. The molecule has 0 bridgehead atoms. The molecule has 1 aliphatic rings. The maximum Gasteiger partial charge on any atom is 0.141 e. The molecule has 5 nitrogen and oxygen atoms in total. The predicted octanol–water partition coefficient (Wildman–Crippen LogP) is 1.80. The Morgan fingerprint density at radius 3 is 2.72 bits per heavy atom. The van der Waals surface area contributed by atoms with E-state index in [2.05, 4.69) is 35.9 Å². The number of hydrogen-bond acceptors (Lipinski definition) is 4. The van der Waals surface area contributed by atoms with Gasteiger partial charge in [-0.05, 0) is 33.7 Å². The Balaban J connectivity index is 1.96. The Hall–Kier alpha value is -1.23. The number of carbonyl (C=O) groups excluding carboxylic acids is 1. The first-order valence-corrected chi connectivity index (χ1v) is 6.68. The highest BCUT2D eigenvalue weighted by Crippen LogP contribution is 2.20. The zero-order chi connectivity index (χ0) is 13.1. The van der Waals surface area contributed by atoms with Crippen molar-refractivity contribution in [1.82, 2.24) is 19.7 Å². The van der Waals surface area contributed by atoms with E-state index in [4.69, 9.17) is 0 Å². The molecule has 0 aromatic carbocycles. The van der Waals surface area contributed by atoms with Crippen molar-refractivity contribution in [3.8, 4) is 0 Å². The lowest BCUT2D eigenvalue weighted by atomic mass is 9.93. The van der Waals surface area contributed by atoms with Crippen LogP contribution in [0.2, 0.25) is 0 Å². The topological polar surface area (TPSA) is 51.0 Å². The monoisotopic (exact) mass is 250 g/mol. The lowest BCUT2D eigenvalue weighted by molar-refractivity contribution is -0.121. The molecule has 0 saturated heterocycles. The van der Waals surface area contributed by atoms with Crippen molar-refractivity contribution in [3.63, 3.8) is 0 Å². The van der Waals surface area contributed by atoms with Crippen molar-refractivity contribution in [3.05, 3.63) is 12.2 Å². The van der Waals surface area contributed by atoms with Gasteiger partial charge in [-0.1, -0.05) is 0 Å². The quantitative estimate of drug-likeness (QED) is 0.817. The summed E-state index contributed by atoms with van der Waals surface area (Å²) in [4.78, 5) is 17.9. The molecule has 0 N–H and O–H groups in total. The average Bonchev–Trinajstić information content (AvgIpc) is 2.78. The third kappa shape index (κ3) is 2.96. The second kappa shape index (κ2) is 5.61. The number of Topliss-reactive ketones (excluding diaryl/α,β-unsaturated/α-hetero) is 1. The SMILES string of the molecule is CC(C)n1ncnc1CN(C)C1CCC(=O)CC1. The van der Waals surface area contributed by atoms with E-state index < -0.39 is 0 Å². The molecule has 5 heteroatoms. The van der Waals surface area contributed by atoms with Crippen LogP contribution in [0.3, 0.4) is 0 Å². The van der Waals surface area contributed by atoms with E-state index in [0.29, 0.717) is 17.9 Å². The molecule has 0 radical (unpaired) electrons. The van der Waals surface area contributed by atoms with Gasteiger partial charge >= 0.3 is 0 Å². The molecule has 2 rings (SSSR count). The van der Waals surface area contributed by atoms with Gasteiger partial charge in [0, 0.05) is 24.9 Å². The Morgan fingerprint density at radius 1 is 1.44 bits per heavy atom. The van der Waals surface area contributed by atoms with E-state index in [1.54, 1.807) is 6.33 Å². The van der Waals surface area contributed by atoms with Gasteiger partial charge in [-0.15, -0.1) is 0 Å². The summed E-state index contributed by atoms with van der Waals surface area (Å²) in [6, 6.07) is 0.837. The van der Waals surface area contributed by atoms with Gasteiger partial charge in [0.2, 0.25) is 0 Å². The van der Waals surface area contributed by atoms with Gasteiger partial charge in [-0.3, -0.25) is 9.69 Å². The minimum atomic E-state index is 0.337. The highest BCUT2D eigenvalue weighted by atomic mass is 16.1. The van der Waals surface area contributed by atoms with Crippen LogP contribution in [-0.2, 0) is 11.3 Å². The van der Waals surface area contributed by atoms with Crippen LogP contribution >= 0.6 is 0 Å². The second-order valence-corrected chi connectivity index (χ2v) is 5.40. The fraction of sp³-hybridized carbons (Fsp3) is 0.769. The first-order valence-electron chi connectivity index (χ1n) is 6.68. The van der Waals surface area contributed by atoms with Gasteiger partial charge < -0.3 is 0 Å². The zero-order valence-corrected chi connectivity index (χ0v) is 11.5. The van der Waals surface area contributed by atoms with E-state index in [9.17, 15) is 4.79 Å². The molecule has 18 heavy (non-hydrogen) atoms. The van der Waals surface area contributed by atoms with E-state index in [-0.39, 0.29) is 0 Å². The van der Waals surface area contributed by atoms with Gasteiger partial charge in [0.05, 0.1) is 6.54 Å². The van der Waals surface area contributed by atoms with Gasteiger partial charge in [-0.2, -0.15) is 5.10 Å². The Bertz CT molecular complexity index is 403. The van der Waals surface area contributed by atoms with Crippen LogP contribution < -0.4 is 0 Å². The van der Waals surface area contributed by atoms with Crippen LogP contribution in [0.4, 0.5) is 0 Å². The minimum Gasteiger partial charge on any atom is -0.300 e. The molecule has 0 aliphatic heterocycles. The summed E-state index contributed by atoms with van der Waals surface area (Å²) >= 11 is 0. The molecule has 1 saturated carbocycles. The summed E-state index contributed by atoms with van der Waals surface area (Å²) in [5.74, 6) is 1.41. The molecule has 1 fully saturated rings. The molecule has 0 spiro atoms. The first-order chi connectivity index (χ1) is 8.58. The summed E-state index contributed by atoms with van der Waals surface area (Å²) in [5.41, 5.74) is 0. The smallest absolute Gasteiger partial charge is 0.141 e. The van der Waals surface area contributed by atoms with E-state index in [0.717, 1.165) is 38.1 Å². The second-order valence-electron chi connectivity index (χ2n) is 5.40. The summed E-state index contributed by atoms with van der Waals surface area (Å²) in [6.45, 7) is 5.02. The summed E-state index contributed by atoms with van der Waals surface area (Å²) in [7, 11) is 2.11. The predicted molar refractivity (Wildman–Crippen MR) is 69.1 cm³/mol. The fourth-order valence-corrected chi connectivity index (χ4v) is 2.54. The lowest BCUT2D eigenvalue weighted by Gasteiger charge is -2.30. The van der Waals surface area contributed by atoms with Gasteiger partial charge in [0.25, 0.3) is 0 Å². The molecular formula is C13H22N4O. The van der Waals surface area contributed by atoms with Gasteiger partial charge in [-0.25, -0.2) is 9.67 Å². The van der Waals surface area contributed by atoms with Crippen LogP contribution in [0, 0.1) is 0 Å². The maximum absolute atomic E-state index is 11.2. The summed E-state index contributed by atoms with van der Waals surface area (Å²) in [5, 5.41) is 4.25. The molecular weight excluding hydrogens is 228 g/mol. The molecule has 0 amide bonds. The van der Waals surface area contributed by atoms with Crippen molar-refractivity contribution >= 4 is 5.78 Å². The number of hydrogen-bond donors (Lipinski definition) is 0. The van der Waals surface area contributed by atoms with Crippen LogP contribution in [0.5, 0.6) is 0 Å². The molecule has 0 atom stereocenters. The number of carbonyl (C=O) groups is 1. The first kappa shape index (κ1) is 13.2. The number of nitrogens with zero attached hydrogens (tertiary/aromatic N) is 4. The van der Waals surface area contributed by atoms with Crippen molar-refractivity contribution in [2.75, 3.05) is 7.05 Å². The number of aromatic nitrogens is 3. The van der Waals surface area contributed by atoms with Crippen LogP contribution in [0.25, 0.3) is 0 Å². The Kier molecular flexibility index (Phi) is 4.11. The number of rotatable bonds is 4. The van der Waals surface area contributed by atoms with Crippen molar-refractivity contribution < 1.29 is 4.79 Å². The van der Waals surface area contributed by atoms with E-state index in [1.807, 2.05) is 4.68 Å². The molecule has 1 aliphatic carbocycles. The van der Waals surface area contributed by atoms with Crippen molar-refractivity contribution in [1.29, 1.82) is 0 Å². The van der Waals surface area contributed by atoms with Crippen LogP contribution in [0.15, 0.2) is 6.33 Å². The zero-order valence-electron chi connectivity index (χ0n) is 11.5. The third-order valence-corrected chi connectivity index (χ3v) is 3.66. The fourth-order valence-electron chi connectivity index (χ4n) is 2.54. The van der Waals surface area contributed by atoms with E-state index in [1.165, 1.54) is 0 Å².